The summed E-state index contributed by atoms with van der Waals surface area (Å²) >= 11 is 0. The molecule has 1 aliphatic carbocycles. The Kier molecular flexibility index (Phi) is 1.92. The zero-order valence-corrected chi connectivity index (χ0v) is 7.53. The maximum atomic E-state index is 3.72. The number of hydrogen-bond acceptors (Lipinski definition) is 1. The summed E-state index contributed by atoms with van der Waals surface area (Å²) in [4.78, 5) is 0. The second kappa shape index (κ2) is 2.78. The van der Waals surface area contributed by atoms with Gasteiger partial charge in [-0.1, -0.05) is 13.3 Å². The Labute approximate surface area is 69.6 Å². The molecule has 1 atom stereocenters. The molecule has 1 heterocycles. The summed E-state index contributed by atoms with van der Waals surface area (Å²) in [7, 11) is 0. The van der Waals surface area contributed by atoms with Crippen molar-refractivity contribution < 1.29 is 0 Å². The Bertz CT molecular complexity index is 132. The number of rotatable bonds is 2. The van der Waals surface area contributed by atoms with E-state index in [2.05, 4.69) is 12.2 Å². The third-order valence-electron chi connectivity index (χ3n) is 3.79. The van der Waals surface area contributed by atoms with E-state index in [9.17, 15) is 0 Å². The van der Waals surface area contributed by atoms with Crippen LogP contribution >= 0.6 is 0 Å². The van der Waals surface area contributed by atoms with E-state index in [1.165, 1.54) is 45.1 Å². The van der Waals surface area contributed by atoms with Crippen molar-refractivity contribution in [3.63, 3.8) is 0 Å². The summed E-state index contributed by atoms with van der Waals surface area (Å²) < 4.78 is 0. The molecule has 0 aromatic rings. The lowest BCUT2D eigenvalue weighted by Crippen LogP contribution is -2.48. The molecule has 0 radical (unpaired) electrons. The predicted molar refractivity (Wildman–Crippen MR) is 47.6 cm³/mol. The Morgan fingerprint density at radius 2 is 2.18 bits per heavy atom. The van der Waals surface area contributed by atoms with Gasteiger partial charge in [-0.25, -0.2) is 0 Å². The van der Waals surface area contributed by atoms with Crippen LogP contribution < -0.4 is 5.32 Å². The van der Waals surface area contributed by atoms with E-state index in [0.717, 1.165) is 5.92 Å². The monoisotopic (exact) mass is 153 g/mol. The molecular weight excluding hydrogens is 134 g/mol. The van der Waals surface area contributed by atoms with Crippen molar-refractivity contribution in [3.8, 4) is 0 Å². The lowest BCUT2D eigenvalue weighted by molar-refractivity contribution is 0.140. The maximum Gasteiger partial charge on any atom is 0.0207 e. The molecular formula is C10H19N. The topological polar surface area (TPSA) is 12.0 Å². The zero-order chi connectivity index (χ0) is 7.73. The fraction of sp³-hybridized carbons (Fsp3) is 1.00. The summed E-state index contributed by atoms with van der Waals surface area (Å²) in [6.45, 7) is 3.61. The van der Waals surface area contributed by atoms with Crippen LogP contribution in [-0.4, -0.2) is 12.1 Å². The Balaban J connectivity index is 2.02. The first-order chi connectivity index (χ1) is 5.37. The molecule has 0 bridgehead atoms. The molecule has 11 heavy (non-hydrogen) atoms. The molecule has 1 saturated carbocycles. The molecule has 1 heteroatoms. The third-order valence-corrected chi connectivity index (χ3v) is 3.79. The first-order valence-corrected chi connectivity index (χ1v) is 5.12. The average Bonchev–Trinajstić information content (AvgIpc) is 2.34. The quantitative estimate of drug-likeness (QED) is 0.642. The van der Waals surface area contributed by atoms with E-state index >= 15 is 0 Å². The first kappa shape index (κ1) is 7.60. The van der Waals surface area contributed by atoms with Gasteiger partial charge in [0.2, 0.25) is 0 Å². The highest BCUT2D eigenvalue weighted by atomic mass is 15.0. The van der Waals surface area contributed by atoms with Gasteiger partial charge in [0.05, 0.1) is 0 Å². The molecule has 1 aliphatic heterocycles. The predicted octanol–water partition coefficient (Wildman–Crippen LogP) is 2.32. The van der Waals surface area contributed by atoms with E-state index in [1.54, 1.807) is 0 Å². The van der Waals surface area contributed by atoms with Crippen LogP contribution in [0.2, 0.25) is 0 Å². The molecule has 1 nitrogen and oxygen atoms in total. The van der Waals surface area contributed by atoms with E-state index < -0.39 is 0 Å². The standard InChI is InChI=1S/C10H19N/c1-2-10(7-4-8-11-10)9-5-3-6-9/h9,11H,2-8H2,1H3. The molecule has 0 aromatic carbocycles. The lowest BCUT2D eigenvalue weighted by atomic mass is 9.69. The van der Waals surface area contributed by atoms with Gasteiger partial charge in [0, 0.05) is 5.54 Å². The van der Waals surface area contributed by atoms with Crippen molar-refractivity contribution in [2.24, 2.45) is 5.92 Å². The molecule has 1 unspecified atom stereocenters. The summed E-state index contributed by atoms with van der Waals surface area (Å²) in [6.07, 6.45) is 8.64. The van der Waals surface area contributed by atoms with Crippen molar-refractivity contribution in [1.82, 2.24) is 5.32 Å². The minimum absolute atomic E-state index is 0.582. The van der Waals surface area contributed by atoms with Crippen LogP contribution in [0.5, 0.6) is 0 Å². The van der Waals surface area contributed by atoms with E-state index in [1.807, 2.05) is 0 Å². The van der Waals surface area contributed by atoms with Crippen molar-refractivity contribution in [2.75, 3.05) is 6.54 Å². The van der Waals surface area contributed by atoms with Gasteiger partial charge in [-0.2, -0.15) is 0 Å². The first-order valence-electron chi connectivity index (χ1n) is 5.12. The zero-order valence-electron chi connectivity index (χ0n) is 7.53. The minimum Gasteiger partial charge on any atom is -0.311 e. The molecule has 2 fully saturated rings. The van der Waals surface area contributed by atoms with Crippen molar-refractivity contribution in [1.29, 1.82) is 0 Å². The molecule has 1 N–H and O–H groups in total. The summed E-state index contributed by atoms with van der Waals surface area (Å²) in [5.74, 6) is 1.02. The van der Waals surface area contributed by atoms with Crippen LogP contribution in [0.15, 0.2) is 0 Å². The molecule has 0 amide bonds. The third kappa shape index (κ3) is 1.10. The highest BCUT2D eigenvalue weighted by molar-refractivity contribution is 5.00. The van der Waals surface area contributed by atoms with Gasteiger partial charge >= 0.3 is 0 Å². The Morgan fingerprint density at radius 1 is 1.36 bits per heavy atom. The molecule has 64 valence electrons. The molecule has 2 rings (SSSR count). The largest absolute Gasteiger partial charge is 0.311 e. The van der Waals surface area contributed by atoms with Crippen molar-refractivity contribution >= 4 is 0 Å². The van der Waals surface area contributed by atoms with Crippen LogP contribution in [0.25, 0.3) is 0 Å². The van der Waals surface area contributed by atoms with Gasteiger partial charge in [0.15, 0.2) is 0 Å². The van der Waals surface area contributed by atoms with Crippen LogP contribution in [-0.2, 0) is 0 Å². The molecule has 0 aromatic heterocycles. The second-order valence-corrected chi connectivity index (χ2v) is 4.17. The smallest absolute Gasteiger partial charge is 0.0207 e. The second-order valence-electron chi connectivity index (χ2n) is 4.17. The Hall–Kier alpha value is -0.0400. The van der Waals surface area contributed by atoms with E-state index in [0.29, 0.717) is 5.54 Å². The number of hydrogen-bond donors (Lipinski definition) is 1. The summed E-state index contributed by atoms with van der Waals surface area (Å²) in [5, 5.41) is 3.72. The van der Waals surface area contributed by atoms with Gasteiger partial charge in [-0.15, -0.1) is 0 Å². The lowest BCUT2D eigenvalue weighted by Gasteiger charge is -2.42. The highest BCUT2D eigenvalue weighted by Crippen LogP contribution is 2.42. The average molecular weight is 153 g/mol. The maximum absolute atomic E-state index is 3.72. The fourth-order valence-corrected chi connectivity index (χ4v) is 2.73. The van der Waals surface area contributed by atoms with Crippen molar-refractivity contribution in [2.45, 2.75) is 51.0 Å². The highest BCUT2D eigenvalue weighted by Gasteiger charge is 2.41. The van der Waals surface area contributed by atoms with Gasteiger partial charge < -0.3 is 5.32 Å². The van der Waals surface area contributed by atoms with Crippen molar-refractivity contribution in [3.05, 3.63) is 0 Å². The van der Waals surface area contributed by atoms with Gasteiger partial charge in [0.1, 0.15) is 0 Å². The molecule has 0 spiro atoms. The van der Waals surface area contributed by atoms with Gasteiger partial charge in [-0.05, 0) is 44.6 Å². The van der Waals surface area contributed by atoms with E-state index in [4.69, 9.17) is 0 Å². The van der Waals surface area contributed by atoms with Gasteiger partial charge in [-0.3, -0.25) is 0 Å². The molecule has 2 aliphatic rings. The number of nitrogens with one attached hydrogen (secondary N) is 1. The van der Waals surface area contributed by atoms with Gasteiger partial charge in [0.25, 0.3) is 0 Å². The van der Waals surface area contributed by atoms with Crippen LogP contribution in [0.1, 0.15) is 45.4 Å². The Morgan fingerprint density at radius 3 is 2.55 bits per heavy atom. The normalized spacial score (nSPS) is 39.0. The minimum atomic E-state index is 0.582. The van der Waals surface area contributed by atoms with Crippen LogP contribution in [0, 0.1) is 5.92 Å². The summed E-state index contributed by atoms with van der Waals surface area (Å²) in [6, 6.07) is 0. The SMILES string of the molecule is CCC1(C2CCC2)CCCN1. The van der Waals surface area contributed by atoms with Crippen LogP contribution in [0.3, 0.4) is 0 Å². The fourth-order valence-electron chi connectivity index (χ4n) is 2.73. The van der Waals surface area contributed by atoms with E-state index in [-0.39, 0.29) is 0 Å². The summed E-state index contributed by atoms with van der Waals surface area (Å²) in [5.41, 5.74) is 0.582. The van der Waals surface area contributed by atoms with Crippen LogP contribution in [0.4, 0.5) is 0 Å². The molecule has 1 saturated heterocycles.